The van der Waals surface area contributed by atoms with Gasteiger partial charge >= 0.3 is 0 Å². The fourth-order valence-corrected chi connectivity index (χ4v) is 2.36. The minimum atomic E-state index is 0.386. The van der Waals surface area contributed by atoms with E-state index in [4.69, 9.17) is 11.6 Å². The number of anilines is 1. The highest BCUT2D eigenvalue weighted by molar-refractivity contribution is 6.19. The van der Waals surface area contributed by atoms with Crippen molar-refractivity contribution in [1.82, 2.24) is 4.48 Å². The largest absolute Gasteiger partial charge is 0.358 e. The number of alkyl halides is 1. The molecule has 0 fully saturated rings. The van der Waals surface area contributed by atoms with E-state index in [0.29, 0.717) is 12.4 Å². The molecule has 0 amide bonds. The summed E-state index contributed by atoms with van der Waals surface area (Å²) in [5, 5.41) is 11.7. The molecule has 132 valence electrons. The summed E-state index contributed by atoms with van der Waals surface area (Å²) in [6.07, 6.45) is 0.881. The van der Waals surface area contributed by atoms with Crippen molar-refractivity contribution >= 4 is 28.7 Å². The Kier molecular flexibility index (Phi) is 6.73. The fourth-order valence-electron chi connectivity index (χ4n) is 2.29. The van der Waals surface area contributed by atoms with Crippen LogP contribution in [0.25, 0.3) is 0 Å². The summed E-state index contributed by atoms with van der Waals surface area (Å²) in [6.45, 7) is 4.49. The number of benzene rings is 2. The van der Waals surface area contributed by atoms with Crippen molar-refractivity contribution in [2.45, 2.75) is 6.42 Å². The van der Waals surface area contributed by atoms with Crippen molar-refractivity contribution < 1.29 is 0 Å². The Hall–Kier alpha value is -2.17. The molecule has 0 atom stereocenters. The molecule has 0 saturated heterocycles. The highest BCUT2D eigenvalue weighted by atomic mass is 35.5. The first-order valence-corrected chi connectivity index (χ1v) is 8.81. The Bertz CT molecular complexity index is 730. The minimum Gasteiger partial charge on any atom is -0.358 e. The molecule has 0 aliphatic heterocycles. The van der Waals surface area contributed by atoms with E-state index in [1.807, 2.05) is 24.3 Å². The van der Waals surface area contributed by atoms with Gasteiger partial charge in [0.1, 0.15) is 5.69 Å². The van der Waals surface area contributed by atoms with Crippen LogP contribution in [-0.2, 0) is 6.42 Å². The van der Waals surface area contributed by atoms with Gasteiger partial charge in [-0.15, -0.1) is 11.6 Å². The predicted octanol–water partition coefficient (Wildman–Crippen LogP) is 5.37. The lowest BCUT2D eigenvalue weighted by Gasteiger charge is -2.23. The van der Waals surface area contributed by atoms with Crippen molar-refractivity contribution in [3.05, 3.63) is 66.4 Å². The van der Waals surface area contributed by atoms with Gasteiger partial charge in [-0.1, -0.05) is 18.7 Å². The maximum absolute atomic E-state index is 5.71. The van der Waals surface area contributed by atoms with Crippen LogP contribution in [0.1, 0.15) is 5.56 Å². The van der Waals surface area contributed by atoms with Gasteiger partial charge in [-0.3, -0.25) is 4.48 Å². The van der Waals surface area contributed by atoms with Crippen LogP contribution in [0.5, 0.6) is 0 Å². The molecule has 0 spiro atoms. The lowest BCUT2D eigenvalue weighted by atomic mass is 10.1. The molecule has 1 N–H and O–H groups in total. The van der Waals surface area contributed by atoms with Crippen molar-refractivity contribution in [3.63, 3.8) is 0 Å². The van der Waals surface area contributed by atoms with E-state index in [1.54, 1.807) is 0 Å². The van der Waals surface area contributed by atoms with Crippen LogP contribution in [0, 0.1) is 0 Å². The minimum absolute atomic E-state index is 0.386. The third-order valence-corrected chi connectivity index (χ3v) is 4.04. The number of rotatable bonds is 8. The second-order valence-corrected chi connectivity index (χ2v) is 7.07. The van der Waals surface area contributed by atoms with Gasteiger partial charge in [0, 0.05) is 17.5 Å². The molecule has 5 heteroatoms. The molecule has 0 unspecified atom stereocenters. The zero-order valence-corrected chi connectivity index (χ0v) is 15.9. The topological polar surface area (TPSA) is 36.8 Å². The van der Waals surface area contributed by atoms with E-state index in [-0.39, 0.29) is 0 Å². The zero-order chi connectivity index (χ0) is 18.3. The highest BCUT2D eigenvalue weighted by Crippen LogP contribution is 2.20. The molecule has 4 nitrogen and oxygen atoms in total. The standard InChI is InChI=1S/C20H26ClN4/c1-16(15-21)23-18-8-10-19(11-9-18)24-22-13-12-17-6-5-7-20(14-17)25(2,3)4/h5-11,14,23H,1,12-13,15H2,2-4H3/q+1. The Balaban J connectivity index is 1.88. The second-order valence-electron chi connectivity index (χ2n) is 6.81. The first-order valence-electron chi connectivity index (χ1n) is 8.28. The molecule has 0 aromatic heterocycles. The number of allylic oxidation sites excluding steroid dienone is 1. The van der Waals surface area contributed by atoms with Crippen LogP contribution >= 0.6 is 11.6 Å². The molecule has 2 rings (SSSR count). The average Bonchev–Trinajstić information content (AvgIpc) is 2.59. The Morgan fingerprint density at radius 1 is 1.12 bits per heavy atom. The van der Waals surface area contributed by atoms with Crippen molar-refractivity contribution in [2.75, 3.05) is 38.9 Å². The number of quaternary nitrogens is 1. The van der Waals surface area contributed by atoms with Gasteiger partial charge in [-0.2, -0.15) is 10.2 Å². The lowest BCUT2D eigenvalue weighted by molar-refractivity contribution is 0.486. The van der Waals surface area contributed by atoms with Crippen LogP contribution in [0.15, 0.2) is 71.0 Å². The molecule has 2 aromatic rings. The summed E-state index contributed by atoms with van der Waals surface area (Å²) in [5.41, 5.74) is 5.12. The molecule has 0 saturated carbocycles. The number of hydrogen-bond donors (Lipinski definition) is 1. The van der Waals surface area contributed by atoms with E-state index in [0.717, 1.165) is 28.0 Å². The molecule has 0 heterocycles. The van der Waals surface area contributed by atoms with E-state index in [2.05, 4.69) is 67.5 Å². The lowest BCUT2D eigenvalue weighted by Crippen LogP contribution is -2.34. The smallest absolute Gasteiger partial charge is 0.132 e. The Morgan fingerprint density at radius 3 is 2.48 bits per heavy atom. The summed E-state index contributed by atoms with van der Waals surface area (Å²) in [5.74, 6) is 0.386. The average molecular weight is 358 g/mol. The van der Waals surface area contributed by atoms with Crippen LogP contribution in [0.3, 0.4) is 0 Å². The SMILES string of the molecule is C=C(CCl)Nc1ccc(N=NCCc2cccc([N+](C)(C)C)c2)cc1. The number of azo groups is 1. The molecular formula is C20H26ClN4+. The number of nitrogens with zero attached hydrogens (tertiary/aromatic N) is 3. The maximum atomic E-state index is 5.71. The van der Waals surface area contributed by atoms with Crippen molar-refractivity contribution in [3.8, 4) is 0 Å². The van der Waals surface area contributed by atoms with Crippen molar-refractivity contribution in [2.24, 2.45) is 10.2 Å². The molecule has 0 aliphatic rings. The molecular weight excluding hydrogens is 332 g/mol. The van der Waals surface area contributed by atoms with Gasteiger partial charge in [0.25, 0.3) is 0 Å². The third-order valence-electron chi connectivity index (χ3n) is 3.72. The van der Waals surface area contributed by atoms with Crippen LogP contribution in [-0.4, -0.2) is 33.6 Å². The van der Waals surface area contributed by atoms with E-state index in [1.165, 1.54) is 11.3 Å². The van der Waals surface area contributed by atoms with Gasteiger partial charge in [-0.25, -0.2) is 0 Å². The molecule has 25 heavy (non-hydrogen) atoms. The summed E-state index contributed by atoms with van der Waals surface area (Å²) >= 11 is 5.71. The molecule has 0 radical (unpaired) electrons. The van der Waals surface area contributed by atoms with Crippen LogP contribution in [0.4, 0.5) is 17.1 Å². The fraction of sp³-hybridized carbons (Fsp3) is 0.300. The summed E-state index contributed by atoms with van der Waals surface area (Å²) < 4.78 is 0.811. The van der Waals surface area contributed by atoms with Gasteiger partial charge in [0.2, 0.25) is 0 Å². The van der Waals surface area contributed by atoms with Gasteiger partial charge in [0.15, 0.2) is 0 Å². The van der Waals surface area contributed by atoms with Gasteiger partial charge < -0.3 is 5.32 Å². The Morgan fingerprint density at radius 2 is 1.84 bits per heavy atom. The van der Waals surface area contributed by atoms with E-state index >= 15 is 0 Å². The number of nitrogens with one attached hydrogen (secondary N) is 1. The van der Waals surface area contributed by atoms with E-state index < -0.39 is 0 Å². The zero-order valence-electron chi connectivity index (χ0n) is 15.2. The summed E-state index contributed by atoms with van der Waals surface area (Å²) in [7, 11) is 6.50. The van der Waals surface area contributed by atoms with Gasteiger partial charge in [-0.05, 0) is 42.3 Å². The maximum Gasteiger partial charge on any atom is 0.132 e. The predicted molar refractivity (Wildman–Crippen MR) is 109 cm³/mol. The van der Waals surface area contributed by atoms with Crippen LogP contribution in [0.2, 0.25) is 0 Å². The highest BCUT2D eigenvalue weighted by Gasteiger charge is 2.11. The summed E-state index contributed by atoms with van der Waals surface area (Å²) in [4.78, 5) is 0. The number of halogens is 1. The molecule has 2 aromatic carbocycles. The molecule has 0 aliphatic carbocycles. The molecule has 0 bridgehead atoms. The first-order chi connectivity index (χ1) is 11.9. The number of hydrogen-bond acceptors (Lipinski definition) is 3. The normalized spacial score (nSPS) is 11.7. The Labute approximate surface area is 155 Å². The van der Waals surface area contributed by atoms with Crippen LogP contribution < -0.4 is 9.80 Å². The van der Waals surface area contributed by atoms with E-state index in [9.17, 15) is 0 Å². The monoisotopic (exact) mass is 357 g/mol. The third kappa shape index (κ3) is 6.33. The first kappa shape index (κ1) is 19.2. The summed E-state index contributed by atoms with van der Waals surface area (Å²) in [6, 6.07) is 16.4. The quantitative estimate of drug-likeness (QED) is 0.384. The second kappa shape index (κ2) is 8.79. The van der Waals surface area contributed by atoms with Crippen molar-refractivity contribution in [1.29, 1.82) is 0 Å². The van der Waals surface area contributed by atoms with Gasteiger partial charge in [0.05, 0.1) is 39.3 Å².